The summed E-state index contributed by atoms with van der Waals surface area (Å²) in [6.45, 7) is 0. The van der Waals surface area contributed by atoms with E-state index < -0.39 is 23.2 Å². The number of halogens is 5. The van der Waals surface area contributed by atoms with E-state index in [0.717, 1.165) is 10.7 Å². The Morgan fingerprint density at radius 1 is 1.04 bits per heavy atom. The number of carbonyl (C=O) groups is 1. The van der Waals surface area contributed by atoms with Gasteiger partial charge in [0.25, 0.3) is 11.5 Å². The largest absolute Gasteiger partial charge is 0.416 e. The molecule has 1 amide bonds. The molecule has 0 aliphatic heterocycles. The van der Waals surface area contributed by atoms with Crippen molar-refractivity contribution >= 4 is 34.9 Å². The van der Waals surface area contributed by atoms with Crippen molar-refractivity contribution in [1.29, 1.82) is 0 Å². The molecule has 3 rings (SSSR count). The lowest BCUT2D eigenvalue weighted by Gasteiger charge is -2.12. The van der Waals surface area contributed by atoms with Crippen LogP contribution in [0, 0.1) is 0 Å². The monoisotopic (exact) mass is 415 g/mol. The highest BCUT2D eigenvalue weighted by atomic mass is 35.5. The second-order valence-electron chi connectivity index (χ2n) is 5.45. The van der Waals surface area contributed by atoms with Crippen LogP contribution in [0.2, 0.25) is 10.0 Å². The van der Waals surface area contributed by atoms with Crippen LogP contribution in [0.15, 0.2) is 53.3 Å². The zero-order valence-corrected chi connectivity index (χ0v) is 14.8. The Hall–Kier alpha value is -2.71. The molecule has 1 aromatic heterocycles. The van der Waals surface area contributed by atoms with Crippen molar-refractivity contribution in [1.82, 2.24) is 9.78 Å². The fraction of sp³-hybridized carbons (Fsp3) is 0.0588. The Kier molecular flexibility index (Phi) is 5.03. The second kappa shape index (κ2) is 7.13. The van der Waals surface area contributed by atoms with Crippen LogP contribution in [0.1, 0.15) is 15.9 Å². The molecule has 0 fully saturated rings. The molecule has 27 heavy (non-hydrogen) atoms. The maximum Gasteiger partial charge on any atom is 0.416 e. The molecular formula is C17H10Cl2F3N3O2. The van der Waals surface area contributed by atoms with Crippen LogP contribution in [-0.4, -0.2) is 15.7 Å². The molecule has 10 heteroatoms. The lowest BCUT2D eigenvalue weighted by atomic mass is 10.2. The Labute approximate surface area is 160 Å². The summed E-state index contributed by atoms with van der Waals surface area (Å²) in [6.07, 6.45) is -4.64. The maximum absolute atomic E-state index is 12.8. The average molecular weight is 416 g/mol. The molecule has 0 atom stereocenters. The Morgan fingerprint density at radius 3 is 2.19 bits per heavy atom. The minimum absolute atomic E-state index is 0.0286. The molecule has 0 aliphatic rings. The molecular weight excluding hydrogens is 406 g/mol. The normalized spacial score (nSPS) is 11.4. The van der Waals surface area contributed by atoms with E-state index in [0.29, 0.717) is 17.7 Å². The molecule has 0 saturated heterocycles. The van der Waals surface area contributed by atoms with Crippen LogP contribution in [0.5, 0.6) is 0 Å². The summed E-state index contributed by atoms with van der Waals surface area (Å²) in [6, 6.07) is 10.6. The predicted octanol–water partition coefficient (Wildman–Crippen LogP) is 4.74. The summed E-state index contributed by atoms with van der Waals surface area (Å²) in [5.74, 6) is -0.450. The minimum Gasteiger partial charge on any atom is -0.307 e. The number of alkyl halides is 3. The van der Waals surface area contributed by atoms with Gasteiger partial charge in [-0.25, -0.2) is 4.68 Å². The Balaban J connectivity index is 1.96. The number of aromatic amines is 1. The van der Waals surface area contributed by atoms with Gasteiger partial charge in [-0.2, -0.15) is 13.2 Å². The molecule has 0 unspecified atom stereocenters. The summed E-state index contributed by atoms with van der Waals surface area (Å²) in [5, 5.41) is 4.29. The number of benzene rings is 2. The molecule has 3 aromatic rings. The third kappa shape index (κ3) is 4.01. The van der Waals surface area contributed by atoms with E-state index in [-0.39, 0.29) is 21.6 Å². The van der Waals surface area contributed by atoms with Crippen LogP contribution in [0.4, 0.5) is 19.0 Å². The molecule has 2 aromatic carbocycles. The molecule has 0 aliphatic carbocycles. The van der Waals surface area contributed by atoms with Crippen LogP contribution < -0.4 is 10.9 Å². The van der Waals surface area contributed by atoms with Gasteiger partial charge in [-0.1, -0.05) is 41.4 Å². The minimum atomic E-state index is -4.64. The molecule has 140 valence electrons. The molecule has 0 radical (unpaired) electrons. The van der Waals surface area contributed by atoms with Gasteiger partial charge < -0.3 is 5.32 Å². The number of amides is 1. The molecule has 1 heterocycles. The van der Waals surface area contributed by atoms with Crippen molar-refractivity contribution in [2.24, 2.45) is 0 Å². The summed E-state index contributed by atoms with van der Waals surface area (Å²) in [5.41, 5.74) is -1.51. The fourth-order valence-corrected chi connectivity index (χ4v) is 3.01. The van der Waals surface area contributed by atoms with Crippen LogP contribution in [0.3, 0.4) is 0 Å². The first-order valence-corrected chi connectivity index (χ1v) is 8.17. The van der Waals surface area contributed by atoms with Gasteiger partial charge in [0.2, 0.25) is 0 Å². The van der Waals surface area contributed by atoms with Gasteiger partial charge in [0.1, 0.15) is 11.5 Å². The average Bonchev–Trinajstić information content (AvgIpc) is 2.94. The van der Waals surface area contributed by atoms with E-state index in [1.807, 2.05) is 0 Å². The van der Waals surface area contributed by atoms with Gasteiger partial charge >= 0.3 is 6.18 Å². The van der Waals surface area contributed by atoms with Gasteiger partial charge in [-0.05, 0) is 24.3 Å². The highest BCUT2D eigenvalue weighted by Gasteiger charge is 2.32. The fourth-order valence-electron chi connectivity index (χ4n) is 2.35. The number of H-pyrrole nitrogens is 1. The van der Waals surface area contributed by atoms with Gasteiger partial charge in [-0.3, -0.25) is 14.7 Å². The SMILES string of the molecule is O=C(Nc1cc(=O)n(-c2c(Cl)cc(C(F)(F)F)cc2Cl)[nH]1)c1ccccc1. The van der Waals surface area contributed by atoms with E-state index in [1.54, 1.807) is 30.3 Å². The molecule has 0 bridgehead atoms. The van der Waals surface area contributed by atoms with Crippen molar-refractivity contribution < 1.29 is 18.0 Å². The standard InChI is InChI=1S/C17H10Cl2F3N3O2/c18-11-6-10(17(20,21)22)7-12(19)15(11)25-14(26)8-13(24-25)23-16(27)9-4-2-1-3-5-9/h1-8,24H,(H,23,27). The van der Waals surface area contributed by atoms with Gasteiger partial charge in [-0.15, -0.1) is 0 Å². The molecule has 0 spiro atoms. The van der Waals surface area contributed by atoms with Gasteiger partial charge in [0.15, 0.2) is 0 Å². The number of hydrogen-bond donors (Lipinski definition) is 2. The number of carbonyl (C=O) groups excluding carboxylic acids is 1. The summed E-state index contributed by atoms with van der Waals surface area (Å²) in [4.78, 5) is 24.3. The zero-order chi connectivity index (χ0) is 19.8. The summed E-state index contributed by atoms with van der Waals surface area (Å²) < 4.78 is 39.3. The highest BCUT2D eigenvalue weighted by molar-refractivity contribution is 6.37. The van der Waals surface area contributed by atoms with Crippen LogP contribution in [0.25, 0.3) is 5.69 Å². The van der Waals surface area contributed by atoms with Gasteiger partial charge in [0.05, 0.1) is 15.6 Å². The topological polar surface area (TPSA) is 66.9 Å². The first kappa shape index (κ1) is 19.1. The number of hydrogen-bond acceptors (Lipinski definition) is 2. The van der Waals surface area contributed by atoms with Crippen LogP contribution in [-0.2, 0) is 6.18 Å². The van der Waals surface area contributed by atoms with Crippen molar-refractivity contribution in [3.63, 3.8) is 0 Å². The first-order valence-electron chi connectivity index (χ1n) is 7.42. The Morgan fingerprint density at radius 2 is 1.63 bits per heavy atom. The molecule has 0 saturated carbocycles. The molecule has 2 N–H and O–H groups in total. The van der Waals surface area contributed by atoms with Crippen molar-refractivity contribution in [3.05, 3.63) is 80.1 Å². The lowest BCUT2D eigenvalue weighted by molar-refractivity contribution is -0.137. The summed E-state index contributed by atoms with van der Waals surface area (Å²) in [7, 11) is 0. The second-order valence-corrected chi connectivity index (χ2v) is 6.26. The molecule has 5 nitrogen and oxygen atoms in total. The third-order valence-corrected chi connectivity index (χ3v) is 4.15. The van der Waals surface area contributed by atoms with E-state index in [1.165, 1.54) is 0 Å². The van der Waals surface area contributed by atoms with E-state index >= 15 is 0 Å². The van der Waals surface area contributed by atoms with Crippen molar-refractivity contribution in [3.8, 4) is 5.69 Å². The summed E-state index contributed by atoms with van der Waals surface area (Å²) >= 11 is 11.8. The maximum atomic E-state index is 12.8. The van der Waals surface area contributed by atoms with Crippen molar-refractivity contribution in [2.75, 3.05) is 5.32 Å². The van der Waals surface area contributed by atoms with E-state index in [4.69, 9.17) is 23.2 Å². The quantitative estimate of drug-likeness (QED) is 0.648. The predicted molar refractivity (Wildman–Crippen MR) is 95.8 cm³/mol. The zero-order valence-electron chi connectivity index (χ0n) is 13.3. The van der Waals surface area contributed by atoms with Crippen LogP contribution >= 0.6 is 23.2 Å². The number of aromatic nitrogens is 2. The Bertz CT molecular complexity index is 1040. The smallest absolute Gasteiger partial charge is 0.307 e. The number of anilines is 1. The lowest BCUT2D eigenvalue weighted by Crippen LogP contribution is -2.16. The third-order valence-electron chi connectivity index (χ3n) is 3.57. The number of rotatable bonds is 3. The van der Waals surface area contributed by atoms with E-state index in [2.05, 4.69) is 10.4 Å². The van der Waals surface area contributed by atoms with Gasteiger partial charge in [0, 0.05) is 11.6 Å². The number of nitrogens with zero attached hydrogens (tertiary/aromatic N) is 1. The highest BCUT2D eigenvalue weighted by Crippen LogP contribution is 2.37. The van der Waals surface area contributed by atoms with Crippen molar-refractivity contribution in [2.45, 2.75) is 6.18 Å². The first-order chi connectivity index (χ1) is 12.7. The number of nitrogens with one attached hydrogen (secondary N) is 2. The van der Waals surface area contributed by atoms with E-state index in [9.17, 15) is 22.8 Å².